The minimum atomic E-state index is -3.74. The fourth-order valence-corrected chi connectivity index (χ4v) is 5.24. The Labute approximate surface area is 161 Å². The summed E-state index contributed by atoms with van der Waals surface area (Å²) in [5.41, 5.74) is 0.487. The van der Waals surface area contributed by atoms with Crippen molar-refractivity contribution in [2.24, 2.45) is 0 Å². The van der Waals surface area contributed by atoms with Gasteiger partial charge in [0.1, 0.15) is 10.7 Å². The molecule has 0 unspecified atom stereocenters. The quantitative estimate of drug-likeness (QED) is 0.465. The maximum Gasteiger partial charge on any atom is 0.245 e. The molecule has 0 amide bonds. The van der Waals surface area contributed by atoms with Crippen LogP contribution in [0.3, 0.4) is 0 Å². The Morgan fingerprint density at radius 2 is 1.93 bits per heavy atom. The van der Waals surface area contributed by atoms with Gasteiger partial charge in [-0.05, 0) is 42.1 Å². The van der Waals surface area contributed by atoms with Crippen molar-refractivity contribution >= 4 is 32.3 Å². The van der Waals surface area contributed by atoms with E-state index in [0.717, 1.165) is 10.3 Å². The van der Waals surface area contributed by atoms with Crippen molar-refractivity contribution in [1.29, 1.82) is 0 Å². The van der Waals surface area contributed by atoms with Crippen LogP contribution in [0.15, 0.2) is 81.8 Å². The molecule has 0 N–H and O–H groups in total. The van der Waals surface area contributed by atoms with Crippen LogP contribution in [0.1, 0.15) is 10.6 Å². The summed E-state index contributed by atoms with van der Waals surface area (Å²) in [5.74, 6) is 0.609. The summed E-state index contributed by atoms with van der Waals surface area (Å²) in [6.45, 7) is 0.552. The van der Waals surface area contributed by atoms with Crippen molar-refractivity contribution in [1.82, 2.24) is 9.29 Å². The summed E-state index contributed by atoms with van der Waals surface area (Å²) < 4.78 is 33.8. The molecule has 3 heterocycles. The Hall–Kier alpha value is -2.48. The maximum atomic E-state index is 13.5. The van der Waals surface area contributed by atoms with E-state index < -0.39 is 10.0 Å². The molecule has 0 saturated heterocycles. The Bertz CT molecular complexity index is 1120. The minimum absolute atomic E-state index is 0.184. The van der Waals surface area contributed by atoms with Crippen LogP contribution in [-0.2, 0) is 23.0 Å². The van der Waals surface area contributed by atoms with Crippen LogP contribution < -0.4 is 0 Å². The van der Waals surface area contributed by atoms with Gasteiger partial charge in [-0.3, -0.25) is 4.98 Å². The number of benzene rings is 1. The molecule has 7 heteroatoms. The maximum absolute atomic E-state index is 13.5. The van der Waals surface area contributed by atoms with Gasteiger partial charge in [0.15, 0.2) is 0 Å². The smallest absolute Gasteiger partial charge is 0.245 e. The number of sulfonamides is 1. The summed E-state index contributed by atoms with van der Waals surface area (Å²) in [4.78, 5) is 5.67. The van der Waals surface area contributed by atoms with Gasteiger partial charge in [0.05, 0.1) is 18.3 Å². The highest BCUT2D eigenvalue weighted by Crippen LogP contribution is 2.26. The molecule has 0 fully saturated rings. The van der Waals surface area contributed by atoms with E-state index in [4.69, 9.17) is 4.42 Å². The van der Waals surface area contributed by atoms with Gasteiger partial charge in [0, 0.05) is 23.0 Å². The van der Waals surface area contributed by atoms with Gasteiger partial charge in [-0.2, -0.15) is 4.31 Å². The third-order valence-electron chi connectivity index (χ3n) is 4.31. The lowest BCUT2D eigenvalue weighted by Crippen LogP contribution is -2.32. The number of furan rings is 1. The molecule has 0 atom stereocenters. The lowest BCUT2D eigenvalue weighted by Gasteiger charge is -2.21. The molecule has 0 aliphatic carbocycles. The second-order valence-corrected chi connectivity index (χ2v) is 9.02. The Morgan fingerprint density at radius 3 is 2.70 bits per heavy atom. The molecule has 4 aromatic rings. The van der Waals surface area contributed by atoms with Crippen molar-refractivity contribution in [2.75, 3.05) is 6.54 Å². The molecule has 0 aliphatic heterocycles. The molecule has 1 aromatic carbocycles. The molecule has 3 aromatic heterocycles. The SMILES string of the molecule is O=S(=O)(c1cccc2cccnc12)N(CCc1cccs1)Cc1ccco1. The zero-order chi connectivity index (χ0) is 18.7. The van der Waals surface area contributed by atoms with Crippen LogP contribution in [0.5, 0.6) is 0 Å². The highest BCUT2D eigenvalue weighted by molar-refractivity contribution is 7.89. The first-order chi connectivity index (χ1) is 13.1. The second kappa shape index (κ2) is 7.64. The summed E-state index contributed by atoms with van der Waals surface area (Å²) in [5, 5.41) is 2.80. The molecule has 0 spiro atoms. The number of hydrogen-bond acceptors (Lipinski definition) is 5. The van der Waals surface area contributed by atoms with Gasteiger partial charge in [-0.25, -0.2) is 8.42 Å². The van der Waals surface area contributed by atoms with Crippen molar-refractivity contribution in [3.05, 3.63) is 83.1 Å². The van der Waals surface area contributed by atoms with Gasteiger partial charge < -0.3 is 4.42 Å². The highest BCUT2D eigenvalue weighted by atomic mass is 32.2. The number of aromatic nitrogens is 1. The van der Waals surface area contributed by atoms with Gasteiger partial charge in [-0.15, -0.1) is 11.3 Å². The van der Waals surface area contributed by atoms with Crippen LogP contribution in [0.2, 0.25) is 0 Å². The Kier molecular flexibility index (Phi) is 5.07. The van der Waals surface area contributed by atoms with Crippen molar-refractivity contribution in [3.8, 4) is 0 Å². The third kappa shape index (κ3) is 3.80. The first kappa shape index (κ1) is 17.9. The number of rotatable bonds is 7. The van der Waals surface area contributed by atoms with E-state index in [9.17, 15) is 8.42 Å². The van der Waals surface area contributed by atoms with Crippen LogP contribution >= 0.6 is 11.3 Å². The zero-order valence-corrected chi connectivity index (χ0v) is 16.1. The summed E-state index contributed by atoms with van der Waals surface area (Å²) in [6, 6.07) is 16.4. The molecule has 4 rings (SSSR count). The molecular weight excluding hydrogens is 380 g/mol. The van der Waals surface area contributed by atoms with E-state index in [2.05, 4.69) is 4.98 Å². The molecule has 0 saturated carbocycles. The van der Waals surface area contributed by atoms with Crippen LogP contribution in [0.25, 0.3) is 10.9 Å². The summed E-state index contributed by atoms with van der Waals surface area (Å²) in [7, 11) is -3.74. The first-order valence-electron chi connectivity index (χ1n) is 8.53. The molecular formula is C20H18N2O3S2. The third-order valence-corrected chi connectivity index (χ3v) is 7.13. The van der Waals surface area contributed by atoms with Gasteiger partial charge in [-0.1, -0.05) is 24.3 Å². The van der Waals surface area contributed by atoms with E-state index in [-0.39, 0.29) is 11.4 Å². The van der Waals surface area contributed by atoms with Crippen molar-refractivity contribution < 1.29 is 12.8 Å². The van der Waals surface area contributed by atoms with Crippen molar-refractivity contribution in [3.63, 3.8) is 0 Å². The first-order valence-corrected chi connectivity index (χ1v) is 10.9. The molecule has 27 heavy (non-hydrogen) atoms. The number of nitrogens with zero attached hydrogens (tertiary/aromatic N) is 2. The molecule has 0 bridgehead atoms. The predicted octanol–water partition coefficient (Wildman–Crippen LogP) is 4.32. The number of pyridine rings is 1. The van der Waals surface area contributed by atoms with E-state index in [1.54, 1.807) is 54.1 Å². The number of para-hydroxylation sites is 1. The number of hydrogen-bond donors (Lipinski definition) is 0. The predicted molar refractivity (Wildman–Crippen MR) is 106 cm³/mol. The second-order valence-electron chi connectivity index (χ2n) is 6.08. The largest absolute Gasteiger partial charge is 0.468 e. The van der Waals surface area contributed by atoms with Crippen LogP contribution in [0.4, 0.5) is 0 Å². The average molecular weight is 399 g/mol. The minimum Gasteiger partial charge on any atom is -0.468 e. The molecule has 138 valence electrons. The van der Waals surface area contributed by atoms with E-state index in [0.29, 0.717) is 24.2 Å². The topological polar surface area (TPSA) is 63.4 Å². The molecule has 0 aliphatic rings. The van der Waals surface area contributed by atoms with Crippen LogP contribution in [-0.4, -0.2) is 24.3 Å². The Balaban J connectivity index is 1.72. The standard InChI is InChI=1S/C20H18N2O3S2/c23-27(24,19-9-1-5-16-6-2-11-21-20(16)19)22(15-17-7-3-13-25-17)12-10-18-8-4-14-26-18/h1-9,11,13-14H,10,12,15H2. The van der Waals surface area contributed by atoms with Crippen LogP contribution in [0, 0.1) is 0 Å². The lowest BCUT2D eigenvalue weighted by molar-refractivity contribution is 0.366. The fraction of sp³-hybridized carbons (Fsp3) is 0.150. The van der Waals surface area contributed by atoms with Gasteiger partial charge >= 0.3 is 0 Å². The monoisotopic (exact) mass is 398 g/mol. The van der Waals surface area contributed by atoms with Crippen molar-refractivity contribution in [2.45, 2.75) is 17.9 Å². The van der Waals surface area contributed by atoms with E-state index in [1.165, 1.54) is 4.31 Å². The lowest BCUT2D eigenvalue weighted by atomic mass is 10.2. The zero-order valence-electron chi connectivity index (χ0n) is 14.5. The molecule has 0 radical (unpaired) electrons. The average Bonchev–Trinajstić information content (AvgIpc) is 3.38. The van der Waals surface area contributed by atoms with Gasteiger partial charge in [0.2, 0.25) is 10.0 Å². The Morgan fingerprint density at radius 1 is 1.04 bits per heavy atom. The van der Waals surface area contributed by atoms with E-state index in [1.807, 2.05) is 29.6 Å². The fourth-order valence-electron chi connectivity index (χ4n) is 2.97. The highest BCUT2D eigenvalue weighted by Gasteiger charge is 2.27. The number of thiophene rings is 1. The van der Waals surface area contributed by atoms with Gasteiger partial charge in [0.25, 0.3) is 0 Å². The molecule has 5 nitrogen and oxygen atoms in total. The normalized spacial score (nSPS) is 12.0. The summed E-state index contributed by atoms with van der Waals surface area (Å²) >= 11 is 1.62. The summed E-state index contributed by atoms with van der Waals surface area (Å²) in [6.07, 6.45) is 3.82. The number of fused-ring (bicyclic) bond motifs is 1. The van der Waals surface area contributed by atoms with E-state index >= 15 is 0 Å².